The molecule has 29 heavy (non-hydrogen) atoms. The minimum absolute atomic E-state index is 0. The third kappa shape index (κ3) is 6.20. The van der Waals surface area contributed by atoms with E-state index in [1.807, 2.05) is 19.1 Å². The molecule has 1 N–H and O–H groups in total. The average molecular weight is 457 g/mol. The zero-order valence-electron chi connectivity index (χ0n) is 15.3. The number of hydrogen-bond acceptors (Lipinski definition) is 5. The number of anilines is 1. The highest BCUT2D eigenvalue weighted by Gasteiger charge is 2.26. The van der Waals surface area contributed by atoms with E-state index in [1.165, 1.54) is 28.2 Å². The predicted molar refractivity (Wildman–Crippen MR) is 118 cm³/mol. The molecule has 0 saturated carbocycles. The standard InChI is InChI=1S/C19H21ClN2O4S2.CH4/c1-14(27-17-6-2-15(20)3-7-17)19(23)21-16-4-8-18(9-5-16)28(24,25)22-10-12-26-13-11-22;/h2-9,14H,10-13H2,1H3,(H,21,23);1H4. The van der Waals surface area contributed by atoms with E-state index in [0.717, 1.165) is 4.90 Å². The van der Waals surface area contributed by atoms with Crippen LogP contribution in [0.15, 0.2) is 58.3 Å². The molecule has 2 aromatic rings. The summed E-state index contributed by atoms with van der Waals surface area (Å²) in [5.74, 6) is -0.163. The van der Waals surface area contributed by atoms with Crippen LogP contribution in [0.1, 0.15) is 14.4 Å². The molecule has 0 radical (unpaired) electrons. The molecular weight excluding hydrogens is 432 g/mol. The second kappa shape index (κ2) is 10.4. The van der Waals surface area contributed by atoms with Crippen LogP contribution in [0.5, 0.6) is 0 Å². The summed E-state index contributed by atoms with van der Waals surface area (Å²) in [7, 11) is -3.54. The van der Waals surface area contributed by atoms with Gasteiger partial charge < -0.3 is 10.1 Å². The number of ether oxygens (including phenoxy) is 1. The molecule has 1 heterocycles. The first-order valence-corrected chi connectivity index (χ1v) is 11.5. The van der Waals surface area contributed by atoms with Crippen LogP contribution in [0.2, 0.25) is 5.02 Å². The lowest BCUT2D eigenvalue weighted by Crippen LogP contribution is -2.40. The molecule has 1 atom stereocenters. The van der Waals surface area contributed by atoms with Crippen LogP contribution in [-0.2, 0) is 19.6 Å². The topological polar surface area (TPSA) is 75.7 Å². The van der Waals surface area contributed by atoms with E-state index in [2.05, 4.69) is 5.32 Å². The smallest absolute Gasteiger partial charge is 0.243 e. The molecule has 0 spiro atoms. The summed E-state index contributed by atoms with van der Waals surface area (Å²) in [4.78, 5) is 13.6. The fraction of sp³-hybridized carbons (Fsp3) is 0.350. The number of morpholine rings is 1. The van der Waals surface area contributed by atoms with Crippen molar-refractivity contribution in [3.63, 3.8) is 0 Å². The lowest BCUT2D eigenvalue weighted by Gasteiger charge is -2.26. The van der Waals surface area contributed by atoms with Gasteiger partial charge in [0.15, 0.2) is 0 Å². The van der Waals surface area contributed by atoms with Gasteiger partial charge in [0.2, 0.25) is 15.9 Å². The van der Waals surface area contributed by atoms with E-state index >= 15 is 0 Å². The minimum atomic E-state index is -3.54. The van der Waals surface area contributed by atoms with Gasteiger partial charge in [0, 0.05) is 28.7 Å². The third-order valence-electron chi connectivity index (χ3n) is 4.23. The van der Waals surface area contributed by atoms with Gasteiger partial charge in [0.05, 0.1) is 23.4 Å². The predicted octanol–water partition coefficient (Wildman–Crippen LogP) is 4.12. The fourth-order valence-electron chi connectivity index (χ4n) is 2.66. The largest absolute Gasteiger partial charge is 0.379 e. The van der Waals surface area contributed by atoms with Crippen molar-refractivity contribution in [3.8, 4) is 0 Å². The molecule has 3 rings (SSSR count). The SMILES string of the molecule is C.CC(Sc1ccc(Cl)cc1)C(=O)Nc1ccc(S(=O)(=O)N2CCOCC2)cc1. The van der Waals surface area contributed by atoms with Gasteiger partial charge in [-0.3, -0.25) is 4.79 Å². The molecule has 2 aromatic carbocycles. The summed E-state index contributed by atoms with van der Waals surface area (Å²) >= 11 is 7.29. The molecule has 1 unspecified atom stereocenters. The van der Waals surface area contributed by atoms with Crippen molar-refractivity contribution in [3.05, 3.63) is 53.6 Å². The minimum Gasteiger partial charge on any atom is -0.379 e. The van der Waals surface area contributed by atoms with Crippen LogP contribution in [0.4, 0.5) is 5.69 Å². The Morgan fingerprint density at radius 3 is 2.28 bits per heavy atom. The Hall–Kier alpha value is -1.58. The highest BCUT2D eigenvalue weighted by atomic mass is 35.5. The van der Waals surface area contributed by atoms with Crippen LogP contribution >= 0.6 is 23.4 Å². The molecule has 1 amide bonds. The number of hydrogen-bond donors (Lipinski definition) is 1. The van der Waals surface area contributed by atoms with E-state index in [0.29, 0.717) is 37.0 Å². The Bertz CT molecular complexity index is 913. The number of carbonyl (C=O) groups excluding carboxylic acids is 1. The second-order valence-corrected chi connectivity index (χ2v) is 10.0. The molecule has 1 aliphatic rings. The van der Waals surface area contributed by atoms with E-state index < -0.39 is 10.0 Å². The van der Waals surface area contributed by atoms with Crippen molar-refractivity contribution in [1.82, 2.24) is 4.31 Å². The number of thioether (sulfide) groups is 1. The number of nitrogens with one attached hydrogen (secondary N) is 1. The highest BCUT2D eigenvalue weighted by Crippen LogP contribution is 2.26. The summed E-state index contributed by atoms with van der Waals surface area (Å²) in [5.41, 5.74) is 0.550. The van der Waals surface area contributed by atoms with Crippen molar-refractivity contribution in [2.45, 2.75) is 29.4 Å². The molecule has 6 nitrogen and oxygen atoms in total. The van der Waals surface area contributed by atoms with E-state index in [-0.39, 0.29) is 23.5 Å². The number of benzene rings is 2. The second-order valence-electron chi connectivity index (χ2n) is 6.24. The Balaban J connectivity index is 0.00000300. The van der Waals surface area contributed by atoms with Gasteiger partial charge in [-0.15, -0.1) is 11.8 Å². The van der Waals surface area contributed by atoms with E-state index in [9.17, 15) is 13.2 Å². The van der Waals surface area contributed by atoms with Gasteiger partial charge in [-0.25, -0.2) is 8.42 Å². The van der Waals surface area contributed by atoms with Gasteiger partial charge in [-0.05, 0) is 55.5 Å². The third-order valence-corrected chi connectivity index (χ3v) is 7.50. The molecule has 0 aromatic heterocycles. The van der Waals surface area contributed by atoms with E-state index in [4.69, 9.17) is 16.3 Å². The van der Waals surface area contributed by atoms with Crippen molar-refractivity contribution < 1.29 is 17.9 Å². The number of nitrogens with zero attached hydrogens (tertiary/aromatic N) is 1. The first kappa shape index (κ1) is 23.7. The van der Waals surface area contributed by atoms with Crippen molar-refractivity contribution in [2.24, 2.45) is 0 Å². The first-order chi connectivity index (χ1) is 13.4. The summed E-state index contributed by atoms with van der Waals surface area (Å²) in [5, 5.41) is 3.14. The Morgan fingerprint density at radius 2 is 1.69 bits per heavy atom. The first-order valence-electron chi connectivity index (χ1n) is 8.77. The Kier molecular flexibility index (Phi) is 8.54. The van der Waals surface area contributed by atoms with Gasteiger partial charge in [0.1, 0.15) is 0 Å². The Morgan fingerprint density at radius 1 is 1.10 bits per heavy atom. The molecule has 0 aliphatic carbocycles. The maximum atomic E-state index is 12.6. The van der Waals surface area contributed by atoms with Gasteiger partial charge in [-0.2, -0.15) is 4.31 Å². The lowest BCUT2D eigenvalue weighted by molar-refractivity contribution is -0.115. The number of carbonyl (C=O) groups is 1. The van der Waals surface area contributed by atoms with Crippen LogP contribution < -0.4 is 5.32 Å². The van der Waals surface area contributed by atoms with Gasteiger partial charge in [0.25, 0.3) is 0 Å². The van der Waals surface area contributed by atoms with Gasteiger partial charge >= 0.3 is 0 Å². The van der Waals surface area contributed by atoms with E-state index in [1.54, 1.807) is 24.3 Å². The van der Waals surface area contributed by atoms with Crippen LogP contribution in [0, 0.1) is 0 Å². The molecule has 158 valence electrons. The van der Waals surface area contributed by atoms with Crippen LogP contribution in [0.3, 0.4) is 0 Å². The summed E-state index contributed by atoms with van der Waals surface area (Å²) in [6.45, 7) is 3.31. The zero-order chi connectivity index (χ0) is 20.1. The molecule has 0 bridgehead atoms. The maximum Gasteiger partial charge on any atom is 0.243 e. The van der Waals surface area contributed by atoms with Crippen molar-refractivity contribution in [2.75, 3.05) is 31.6 Å². The monoisotopic (exact) mass is 456 g/mol. The molecular formula is C20H25ClN2O4S2. The van der Waals surface area contributed by atoms with Crippen molar-refractivity contribution in [1.29, 1.82) is 0 Å². The number of sulfonamides is 1. The summed E-state index contributed by atoms with van der Waals surface area (Å²) < 4.78 is 31.9. The molecule has 1 fully saturated rings. The summed E-state index contributed by atoms with van der Waals surface area (Å²) in [6, 6.07) is 13.5. The molecule has 1 aliphatic heterocycles. The zero-order valence-corrected chi connectivity index (χ0v) is 17.7. The lowest BCUT2D eigenvalue weighted by atomic mass is 10.3. The van der Waals surface area contributed by atoms with Gasteiger partial charge in [-0.1, -0.05) is 19.0 Å². The summed E-state index contributed by atoms with van der Waals surface area (Å²) in [6.07, 6.45) is 0. The highest BCUT2D eigenvalue weighted by molar-refractivity contribution is 8.00. The van der Waals surface area contributed by atoms with Crippen LogP contribution in [0.25, 0.3) is 0 Å². The van der Waals surface area contributed by atoms with Crippen LogP contribution in [-0.4, -0.2) is 50.2 Å². The normalized spacial score (nSPS) is 15.9. The Labute approximate surface area is 181 Å². The molecule has 1 saturated heterocycles. The van der Waals surface area contributed by atoms with Crippen molar-refractivity contribution >= 4 is 45.0 Å². The molecule has 9 heteroatoms. The fourth-order valence-corrected chi connectivity index (χ4v) is 5.06. The number of halogens is 1. The number of rotatable bonds is 6. The quantitative estimate of drug-likeness (QED) is 0.662. The maximum absolute atomic E-state index is 12.6. The number of amides is 1. The average Bonchev–Trinajstić information content (AvgIpc) is 2.70.